The lowest BCUT2D eigenvalue weighted by Gasteiger charge is -2.21. The van der Waals surface area contributed by atoms with E-state index in [1.54, 1.807) is 0 Å². The molecule has 19 heavy (non-hydrogen) atoms. The highest BCUT2D eigenvalue weighted by molar-refractivity contribution is 5.25. The van der Waals surface area contributed by atoms with Crippen molar-refractivity contribution < 1.29 is 5.11 Å². The van der Waals surface area contributed by atoms with Crippen molar-refractivity contribution in [1.82, 2.24) is 4.90 Å². The molecule has 0 radical (unpaired) electrons. The Bertz CT molecular complexity index is 348. The zero-order valence-corrected chi connectivity index (χ0v) is 12.5. The molecule has 0 spiro atoms. The van der Waals surface area contributed by atoms with Crippen LogP contribution in [0.15, 0.2) is 24.3 Å². The second kappa shape index (κ2) is 8.31. The number of hydrogen-bond acceptors (Lipinski definition) is 3. The minimum absolute atomic E-state index is 0.205. The van der Waals surface area contributed by atoms with E-state index in [4.69, 9.17) is 5.73 Å². The first kappa shape index (κ1) is 16.2. The third-order valence-electron chi connectivity index (χ3n) is 3.46. The van der Waals surface area contributed by atoms with Crippen molar-refractivity contribution in [2.45, 2.75) is 44.8 Å². The molecule has 0 saturated carbocycles. The van der Waals surface area contributed by atoms with Crippen molar-refractivity contribution in [3.63, 3.8) is 0 Å². The second-order valence-electron chi connectivity index (χ2n) is 5.55. The molecule has 108 valence electrons. The zero-order valence-electron chi connectivity index (χ0n) is 12.5. The van der Waals surface area contributed by atoms with Crippen LogP contribution in [-0.2, 0) is 6.42 Å². The first-order chi connectivity index (χ1) is 9.04. The molecule has 0 saturated heterocycles. The molecule has 0 amide bonds. The molecule has 0 aliphatic heterocycles. The van der Waals surface area contributed by atoms with Gasteiger partial charge in [0, 0.05) is 6.04 Å². The first-order valence-electron chi connectivity index (χ1n) is 7.21. The summed E-state index contributed by atoms with van der Waals surface area (Å²) < 4.78 is 0. The highest BCUT2D eigenvalue weighted by Crippen LogP contribution is 2.19. The number of rotatable bonds is 8. The van der Waals surface area contributed by atoms with Gasteiger partial charge >= 0.3 is 0 Å². The maximum atomic E-state index is 10.2. The molecule has 0 aliphatic carbocycles. The van der Waals surface area contributed by atoms with Crippen molar-refractivity contribution in [3.05, 3.63) is 35.4 Å². The number of benzene rings is 1. The van der Waals surface area contributed by atoms with Crippen molar-refractivity contribution in [3.8, 4) is 0 Å². The monoisotopic (exact) mass is 264 g/mol. The Labute approximate surface area is 117 Å². The molecule has 0 aliphatic rings. The highest BCUT2D eigenvalue weighted by atomic mass is 16.3. The summed E-state index contributed by atoms with van der Waals surface area (Å²) in [7, 11) is 4.03. The second-order valence-corrected chi connectivity index (χ2v) is 5.55. The predicted octanol–water partition coefficient (Wildman–Crippen LogP) is 2.34. The van der Waals surface area contributed by atoms with Crippen LogP contribution in [0.3, 0.4) is 0 Å². The lowest BCUT2D eigenvalue weighted by molar-refractivity contribution is 0.137. The zero-order chi connectivity index (χ0) is 14.3. The molecular formula is C16H28N2O. The summed E-state index contributed by atoms with van der Waals surface area (Å²) in [6.07, 6.45) is 3.76. The maximum Gasteiger partial charge on any atom is 0.0941 e. The van der Waals surface area contributed by atoms with E-state index in [-0.39, 0.29) is 6.04 Å². The number of nitrogens with zero attached hydrogens (tertiary/aromatic N) is 1. The average Bonchev–Trinajstić information content (AvgIpc) is 2.42. The van der Waals surface area contributed by atoms with Crippen molar-refractivity contribution in [2.24, 2.45) is 5.73 Å². The van der Waals surface area contributed by atoms with E-state index in [1.807, 2.05) is 26.2 Å². The van der Waals surface area contributed by atoms with Gasteiger partial charge in [0.2, 0.25) is 0 Å². The summed E-state index contributed by atoms with van der Waals surface area (Å²) in [5, 5.41) is 10.2. The third-order valence-corrected chi connectivity index (χ3v) is 3.46. The minimum Gasteiger partial charge on any atom is -0.387 e. The van der Waals surface area contributed by atoms with E-state index in [1.165, 1.54) is 18.4 Å². The third kappa shape index (κ3) is 5.72. The summed E-state index contributed by atoms with van der Waals surface area (Å²) >= 11 is 0. The van der Waals surface area contributed by atoms with Crippen LogP contribution in [0.1, 0.15) is 43.4 Å². The van der Waals surface area contributed by atoms with Crippen molar-refractivity contribution >= 4 is 0 Å². The predicted molar refractivity (Wildman–Crippen MR) is 81.2 cm³/mol. The number of aryl methyl sites for hydroxylation is 1. The van der Waals surface area contributed by atoms with Crippen LogP contribution in [0.25, 0.3) is 0 Å². The fraction of sp³-hybridized carbons (Fsp3) is 0.625. The van der Waals surface area contributed by atoms with Gasteiger partial charge < -0.3 is 15.7 Å². The summed E-state index contributed by atoms with van der Waals surface area (Å²) in [5.41, 5.74) is 8.29. The molecule has 0 heterocycles. The average molecular weight is 264 g/mol. The van der Waals surface area contributed by atoms with Gasteiger partial charge in [0.15, 0.2) is 0 Å². The summed E-state index contributed by atoms with van der Waals surface area (Å²) in [4.78, 5) is 2.08. The standard InChI is InChI=1S/C16H28N2O/c1-4-5-6-13-7-9-14(10-8-13)16(19)15(17)11-12-18(2)3/h7-10,15-16,19H,4-6,11-12,17H2,1-3H3. The summed E-state index contributed by atoms with van der Waals surface area (Å²) in [5.74, 6) is 0. The Kier molecular flexibility index (Phi) is 7.06. The molecule has 0 fully saturated rings. The molecule has 1 rings (SSSR count). The van der Waals surface area contributed by atoms with Crippen LogP contribution in [0.4, 0.5) is 0 Å². The molecule has 3 nitrogen and oxygen atoms in total. The molecule has 0 bridgehead atoms. The van der Waals surface area contributed by atoms with Gasteiger partial charge in [-0.3, -0.25) is 0 Å². The number of nitrogens with two attached hydrogens (primary N) is 1. The Balaban J connectivity index is 2.54. The molecule has 1 aromatic carbocycles. The molecule has 3 N–H and O–H groups in total. The van der Waals surface area contributed by atoms with Gasteiger partial charge in [-0.05, 0) is 51.0 Å². The Morgan fingerprint density at radius 2 is 1.84 bits per heavy atom. The van der Waals surface area contributed by atoms with Crippen molar-refractivity contribution in [2.75, 3.05) is 20.6 Å². The van der Waals surface area contributed by atoms with Crippen LogP contribution < -0.4 is 5.73 Å². The van der Waals surface area contributed by atoms with Gasteiger partial charge in [-0.1, -0.05) is 37.6 Å². The number of unbranched alkanes of at least 4 members (excludes halogenated alkanes) is 1. The van der Waals surface area contributed by atoms with Gasteiger partial charge in [0.05, 0.1) is 6.10 Å². The molecule has 0 aromatic heterocycles. The van der Waals surface area contributed by atoms with Crippen LogP contribution in [0.2, 0.25) is 0 Å². The van der Waals surface area contributed by atoms with Crippen LogP contribution >= 0.6 is 0 Å². The maximum absolute atomic E-state index is 10.2. The topological polar surface area (TPSA) is 49.5 Å². The summed E-state index contributed by atoms with van der Waals surface area (Å²) in [6, 6.07) is 8.01. The first-order valence-corrected chi connectivity index (χ1v) is 7.21. The van der Waals surface area contributed by atoms with Gasteiger partial charge in [-0.2, -0.15) is 0 Å². The summed E-state index contributed by atoms with van der Waals surface area (Å²) in [6.45, 7) is 3.09. The van der Waals surface area contributed by atoms with E-state index >= 15 is 0 Å². The SMILES string of the molecule is CCCCc1ccc(C(O)C(N)CCN(C)C)cc1. The van der Waals surface area contributed by atoms with Gasteiger partial charge in [-0.15, -0.1) is 0 Å². The lowest BCUT2D eigenvalue weighted by atomic mass is 9.98. The molecule has 1 aromatic rings. The number of aliphatic hydroxyl groups excluding tert-OH is 1. The molecular weight excluding hydrogens is 236 g/mol. The van der Waals surface area contributed by atoms with Crippen LogP contribution in [0, 0.1) is 0 Å². The minimum atomic E-state index is -0.569. The van der Waals surface area contributed by atoms with Crippen molar-refractivity contribution in [1.29, 1.82) is 0 Å². The number of hydrogen-bond donors (Lipinski definition) is 2. The fourth-order valence-corrected chi connectivity index (χ4v) is 2.07. The van der Waals surface area contributed by atoms with Gasteiger partial charge in [-0.25, -0.2) is 0 Å². The van der Waals surface area contributed by atoms with Gasteiger partial charge in [0.1, 0.15) is 0 Å². The Morgan fingerprint density at radius 3 is 2.37 bits per heavy atom. The van der Waals surface area contributed by atoms with E-state index in [0.29, 0.717) is 0 Å². The van der Waals surface area contributed by atoms with Crippen LogP contribution in [-0.4, -0.2) is 36.7 Å². The van der Waals surface area contributed by atoms with E-state index in [9.17, 15) is 5.11 Å². The van der Waals surface area contributed by atoms with E-state index in [2.05, 4.69) is 24.0 Å². The molecule has 2 atom stereocenters. The number of aliphatic hydroxyl groups is 1. The fourth-order valence-electron chi connectivity index (χ4n) is 2.07. The van der Waals surface area contributed by atoms with E-state index in [0.717, 1.165) is 24.9 Å². The molecule has 3 heteroatoms. The molecule has 2 unspecified atom stereocenters. The lowest BCUT2D eigenvalue weighted by Crippen LogP contribution is -2.32. The Hall–Kier alpha value is -0.900. The smallest absolute Gasteiger partial charge is 0.0941 e. The largest absolute Gasteiger partial charge is 0.387 e. The highest BCUT2D eigenvalue weighted by Gasteiger charge is 2.16. The quantitative estimate of drug-likeness (QED) is 0.757. The normalized spacial score (nSPS) is 14.6. The van der Waals surface area contributed by atoms with Crippen LogP contribution in [0.5, 0.6) is 0 Å². The van der Waals surface area contributed by atoms with Gasteiger partial charge in [0.25, 0.3) is 0 Å². The van der Waals surface area contributed by atoms with E-state index < -0.39 is 6.10 Å². The Morgan fingerprint density at radius 1 is 1.21 bits per heavy atom.